The van der Waals surface area contributed by atoms with Gasteiger partial charge in [-0.25, -0.2) is 0 Å². The molecule has 1 aliphatic rings. The lowest BCUT2D eigenvalue weighted by atomic mass is 9.97. The summed E-state index contributed by atoms with van der Waals surface area (Å²) in [4.78, 5) is 11.6. The van der Waals surface area contributed by atoms with Crippen LogP contribution in [-0.4, -0.2) is 5.97 Å². The fourth-order valence-electron chi connectivity index (χ4n) is 2.04. The molecule has 0 amide bonds. The van der Waals surface area contributed by atoms with Gasteiger partial charge < -0.3 is 4.74 Å². The number of rotatable bonds is 4. The number of allylic oxidation sites excluding steroid dienone is 1. The maximum absolute atomic E-state index is 11.6. The zero-order valence-corrected chi connectivity index (χ0v) is 10.0. The molecule has 0 aromatic heterocycles. The highest BCUT2D eigenvalue weighted by Crippen LogP contribution is 2.20. The minimum absolute atomic E-state index is 0.109. The van der Waals surface area contributed by atoms with Crippen LogP contribution in [0.2, 0.25) is 0 Å². The van der Waals surface area contributed by atoms with E-state index in [1.54, 1.807) is 0 Å². The molecule has 0 fully saturated rings. The van der Waals surface area contributed by atoms with Gasteiger partial charge in [-0.3, -0.25) is 4.79 Å². The molecule has 2 heteroatoms. The van der Waals surface area contributed by atoms with Gasteiger partial charge in [0, 0.05) is 0 Å². The van der Waals surface area contributed by atoms with Gasteiger partial charge in [0.1, 0.15) is 6.61 Å². The van der Waals surface area contributed by atoms with Crippen molar-refractivity contribution in [2.45, 2.75) is 38.7 Å². The van der Waals surface area contributed by atoms with E-state index in [0.29, 0.717) is 13.0 Å². The second-order valence-electron chi connectivity index (χ2n) is 4.43. The molecular formula is C15H18O2. The lowest BCUT2D eigenvalue weighted by molar-refractivity contribution is -0.144. The van der Waals surface area contributed by atoms with Crippen LogP contribution in [0.4, 0.5) is 0 Å². The van der Waals surface area contributed by atoms with Gasteiger partial charge >= 0.3 is 5.97 Å². The van der Waals surface area contributed by atoms with E-state index in [9.17, 15) is 4.79 Å². The van der Waals surface area contributed by atoms with E-state index in [-0.39, 0.29) is 5.97 Å². The first-order valence-corrected chi connectivity index (χ1v) is 6.22. The van der Waals surface area contributed by atoms with Gasteiger partial charge in [0.05, 0.1) is 6.42 Å². The highest BCUT2D eigenvalue weighted by atomic mass is 16.5. The zero-order chi connectivity index (χ0) is 11.9. The molecular weight excluding hydrogens is 212 g/mol. The summed E-state index contributed by atoms with van der Waals surface area (Å²) in [5, 5.41) is 0. The topological polar surface area (TPSA) is 26.3 Å². The van der Waals surface area contributed by atoms with Gasteiger partial charge in [-0.15, -0.1) is 0 Å². The van der Waals surface area contributed by atoms with Crippen LogP contribution in [0.15, 0.2) is 42.0 Å². The second-order valence-corrected chi connectivity index (χ2v) is 4.43. The van der Waals surface area contributed by atoms with Crippen molar-refractivity contribution in [1.82, 2.24) is 0 Å². The molecule has 1 aromatic carbocycles. The highest BCUT2D eigenvalue weighted by Gasteiger charge is 2.09. The molecule has 0 spiro atoms. The SMILES string of the molecule is O=C(CC1=CCCCC1)OCc1ccccc1. The standard InChI is InChI=1S/C15H18O2/c16-15(11-13-7-3-1-4-8-13)17-12-14-9-5-2-6-10-14/h2,5-7,9-10H,1,3-4,8,11-12H2. The Bertz CT molecular complexity index is 393. The molecule has 90 valence electrons. The molecule has 0 bridgehead atoms. The average Bonchev–Trinajstić information content (AvgIpc) is 2.39. The smallest absolute Gasteiger partial charge is 0.310 e. The molecule has 1 aromatic rings. The third-order valence-corrected chi connectivity index (χ3v) is 3.00. The molecule has 0 radical (unpaired) electrons. The Kier molecular flexibility index (Phi) is 4.37. The van der Waals surface area contributed by atoms with Crippen LogP contribution in [0.5, 0.6) is 0 Å². The van der Waals surface area contributed by atoms with Gasteiger partial charge in [0.2, 0.25) is 0 Å². The molecule has 0 unspecified atom stereocenters. The van der Waals surface area contributed by atoms with Crippen LogP contribution in [0.1, 0.15) is 37.7 Å². The summed E-state index contributed by atoms with van der Waals surface area (Å²) in [6, 6.07) is 9.79. The third-order valence-electron chi connectivity index (χ3n) is 3.00. The number of esters is 1. The number of hydrogen-bond acceptors (Lipinski definition) is 2. The van der Waals surface area contributed by atoms with E-state index in [0.717, 1.165) is 18.4 Å². The van der Waals surface area contributed by atoms with E-state index in [1.807, 2.05) is 30.3 Å². The van der Waals surface area contributed by atoms with Crippen LogP contribution in [-0.2, 0) is 16.1 Å². The summed E-state index contributed by atoms with van der Waals surface area (Å²) in [7, 11) is 0. The predicted molar refractivity (Wildman–Crippen MR) is 67.4 cm³/mol. The zero-order valence-electron chi connectivity index (χ0n) is 10.0. The predicted octanol–water partition coefficient (Wildman–Crippen LogP) is 3.62. The van der Waals surface area contributed by atoms with Crippen molar-refractivity contribution >= 4 is 5.97 Å². The minimum Gasteiger partial charge on any atom is -0.461 e. The summed E-state index contributed by atoms with van der Waals surface area (Å²) >= 11 is 0. The second kappa shape index (κ2) is 6.24. The number of hydrogen-bond donors (Lipinski definition) is 0. The van der Waals surface area contributed by atoms with Crippen LogP contribution >= 0.6 is 0 Å². The molecule has 0 atom stereocenters. The van der Waals surface area contributed by atoms with Gasteiger partial charge in [0.25, 0.3) is 0 Å². The number of benzene rings is 1. The molecule has 0 saturated carbocycles. The van der Waals surface area contributed by atoms with Crippen molar-refractivity contribution in [3.63, 3.8) is 0 Å². The van der Waals surface area contributed by atoms with E-state index in [1.165, 1.54) is 18.4 Å². The fraction of sp³-hybridized carbons (Fsp3) is 0.400. The van der Waals surface area contributed by atoms with Gasteiger partial charge in [0.15, 0.2) is 0 Å². The third kappa shape index (κ3) is 4.06. The number of carbonyl (C=O) groups excluding carboxylic acids is 1. The summed E-state index contributed by atoms with van der Waals surface area (Å²) in [5.74, 6) is -0.109. The normalized spacial score (nSPS) is 15.2. The largest absolute Gasteiger partial charge is 0.461 e. The van der Waals surface area contributed by atoms with Crippen LogP contribution in [0.3, 0.4) is 0 Å². The van der Waals surface area contributed by atoms with Crippen LogP contribution in [0, 0.1) is 0 Å². The van der Waals surface area contributed by atoms with Crippen molar-refractivity contribution < 1.29 is 9.53 Å². The molecule has 17 heavy (non-hydrogen) atoms. The Morgan fingerprint density at radius 1 is 1.18 bits per heavy atom. The highest BCUT2D eigenvalue weighted by molar-refractivity contribution is 5.72. The van der Waals surface area contributed by atoms with E-state index >= 15 is 0 Å². The number of carbonyl (C=O) groups is 1. The maximum atomic E-state index is 11.6. The van der Waals surface area contributed by atoms with Gasteiger partial charge in [-0.05, 0) is 31.2 Å². The van der Waals surface area contributed by atoms with Crippen molar-refractivity contribution in [3.8, 4) is 0 Å². The van der Waals surface area contributed by atoms with Crippen molar-refractivity contribution in [2.75, 3.05) is 0 Å². The summed E-state index contributed by atoms with van der Waals surface area (Å²) < 4.78 is 5.25. The van der Waals surface area contributed by atoms with E-state index in [4.69, 9.17) is 4.74 Å². The van der Waals surface area contributed by atoms with E-state index in [2.05, 4.69) is 6.08 Å². The first-order chi connectivity index (χ1) is 8.34. The minimum atomic E-state index is -0.109. The summed E-state index contributed by atoms with van der Waals surface area (Å²) in [6.07, 6.45) is 7.28. The fourth-order valence-corrected chi connectivity index (χ4v) is 2.04. The van der Waals surface area contributed by atoms with Gasteiger partial charge in [-0.2, -0.15) is 0 Å². The Hall–Kier alpha value is -1.57. The Morgan fingerprint density at radius 3 is 2.71 bits per heavy atom. The molecule has 2 rings (SSSR count). The Labute approximate surface area is 102 Å². The Balaban J connectivity index is 1.76. The lowest BCUT2D eigenvalue weighted by Gasteiger charge is -2.12. The first-order valence-electron chi connectivity index (χ1n) is 6.22. The van der Waals surface area contributed by atoms with Crippen LogP contribution in [0.25, 0.3) is 0 Å². The van der Waals surface area contributed by atoms with Crippen molar-refractivity contribution in [2.24, 2.45) is 0 Å². The monoisotopic (exact) mass is 230 g/mol. The summed E-state index contributed by atoms with van der Waals surface area (Å²) in [6.45, 7) is 0.382. The van der Waals surface area contributed by atoms with Crippen molar-refractivity contribution in [1.29, 1.82) is 0 Å². The average molecular weight is 230 g/mol. The molecule has 2 nitrogen and oxygen atoms in total. The van der Waals surface area contributed by atoms with E-state index < -0.39 is 0 Å². The number of ether oxygens (including phenoxy) is 1. The molecule has 1 aliphatic carbocycles. The first kappa shape index (κ1) is 11.9. The quantitative estimate of drug-likeness (QED) is 0.583. The summed E-state index contributed by atoms with van der Waals surface area (Å²) in [5.41, 5.74) is 2.28. The maximum Gasteiger partial charge on any atom is 0.310 e. The lowest BCUT2D eigenvalue weighted by Crippen LogP contribution is -2.07. The van der Waals surface area contributed by atoms with Gasteiger partial charge in [-0.1, -0.05) is 42.0 Å². The Morgan fingerprint density at radius 2 is 2.00 bits per heavy atom. The van der Waals surface area contributed by atoms with Crippen molar-refractivity contribution in [3.05, 3.63) is 47.5 Å². The molecule has 0 heterocycles. The molecule has 0 aliphatic heterocycles. The molecule has 0 saturated heterocycles. The van der Waals surface area contributed by atoms with Crippen LogP contribution < -0.4 is 0 Å². The molecule has 0 N–H and O–H groups in total.